The molecule has 0 saturated carbocycles. The summed E-state index contributed by atoms with van der Waals surface area (Å²) in [6.45, 7) is 6.11. The second kappa shape index (κ2) is 7.57. The van der Waals surface area contributed by atoms with E-state index in [-0.39, 0.29) is 11.7 Å². The first kappa shape index (κ1) is 17.3. The number of nitrogens with zero attached hydrogens (tertiary/aromatic N) is 1. The van der Waals surface area contributed by atoms with E-state index in [1.807, 2.05) is 37.3 Å². The molecule has 1 heterocycles. The Morgan fingerprint density at radius 3 is 2.64 bits per heavy atom. The number of oxazole rings is 1. The van der Waals surface area contributed by atoms with Crippen LogP contribution in [0.15, 0.2) is 58.3 Å². The number of carbonyl (C=O) groups excluding carboxylic acids is 1. The molecule has 0 aliphatic carbocycles. The number of para-hydroxylation sites is 1. The van der Waals surface area contributed by atoms with Crippen LogP contribution in [0.25, 0.3) is 11.3 Å². The van der Waals surface area contributed by atoms with Crippen LogP contribution in [0.2, 0.25) is 0 Å². The molecule has 1 aromatic heterocycles. The molecule has 0 saturated heterocycles. The molecule has 0 atom stereocenters. The first-order valence-corrected chi connectivity index (χ1v) is 9.03. The van der Waals surface area contributed by atoms with Gasteiger partial charge in [0, 0.05) is 11.3 Å². The molecule has 0 unspecified atom stereocenters. The second-order valence-corrected chi connectivity index (χ2v) is 6.87. The standard InChI is InChI=1S/C20H20N2O2S/c1-13-8-9-16(10-15(13)3)18-11-21-20(24-18)25-12-19(23)22-17-7-5-4-6-14(17)2/h4-11H,12H2,1-3H3,(H,22,23). The van der Waals surface area contributed by atoms with Crippen molar-refractivity contribution in [2.45, 2.75) is 26.0 Å². The van der Waals surface area contributed by atoms with E-state index >= 15 is 0 Å². The lowest BCUT2D eigenvalue weighted by atomic mass is 10.1. The number of hydrogen-bond acceptors (Lipinski definition) is 4. The summed E-state index contributed by atoms with van der Waals surface area (Å²) < 4.78 is 5.76. The number of hydrogen-bond donors (Lipinski definition) is 1. The fourth-order valence-corrected chi connectivity index (χ4v) is 2.98. The van der Waals surface area contributed by atoms with Gasteiger partial charge in [0.05, 0.1) is 11.9 Å². The first-order valence-electron chi connectivity index (χ1n) is 8.04. The minimum Gasteiger partial charge on any atom is -0.431 e. The van der Waals surface area contributed by atoms with Crippen LogP contribution in [-0.2, 0) is 4.79 Å². The number of aryl methyl sites for hydroxylation is 3. The Kier molecular flexibility index (Phi) is 5.24. The van der Waals surface area contributed by atoms with Crippen LogP contribution in [0.1, 0.15) is 16.7 Å². The zero-order chi connectivity index (χ0) is 17.8. The van der Waals surface area contributed by atoms with Gasteiger partial charge in [0.2, 0.25) is 5.91 Å². The molecule has 128 valence electrons. The molecule has 0 radical (unpaired) electrons. The zero-order valence-electron chi connectivity index (χ0n) is 14.5. The predicted molar refractivity (Wildman–Crippen MR) is 102 cm³/mol. The normalized spacial score (nSPS) is 10.7. The molecule has 0 aliphatic heterocycles. The lowest BCUT2D eigenvalue weighted by Crippen LogP contribution is -2.14. The molecule has 0 spiro atoms. The Balaban J connectivity index is 1.61. The van der Waals surface area contributed by atoms with Crippen LogP contribution in [0.3, 0.4) is 0 Å². The fraction of sp³-hybridized carbons (Fsp3) is 0.200. The predicted octanol–water partition coefficient (Wildman–Crippen LogP) is 5.00. The molecule has 25 heavy (non-hydrogen) atoms. The Morgan fingerprint density at radius 2 is 1.88 bits per heavy atom. The molecule has 1 N–H and O–H groups in total. The zero-order valence-corrected chi connectivity index (χ0v) is 15.3. The minimum atomic E-state index is -0.0785. The average Bonchev–Trinajstić information content (AvgIpc) is 3.07. The van der Waals surface area contributed by atoms with Crippen LogP contribution in [0.4, 0.5) is 5.69 Å². The van der Waals surface area contributed by atoms with Crippen molar-refractivity contribution in [3.05, 3.63) is 65.4 Å². The molecular formula is C20H20N2O2S. The van der Waals surface area contributed by atoms with Crippen molar-refractivity contribution >= 4 is 23.4 Å². The third kappa shape index (κ3) is 4.31. The van der Waals surface area contributed by atoms with Crippen LogP contribution in [0.5, 0.6) is 0 Å². The fourth-order valence-electron chi connectivity index (χ4n) is 2.38. The summed E-state index contributed by atoms with van der Waals surface area (Å²) in [4.78, 5) is 16.4. The van der Waals surface area contributed by atoms with Gasteiger partial charge >= 0.3 is 0 Å². The summed E-state index contributed by atoms with van der Waals surface area (Å²) in [6, 6.07) is 13.9. The Hall–Kier alpha value is -2.53. The second-order valence-electron chi connectivity index (χ2n) is 5.94. The minimum absolute atomic E-state index is 0.0785. The summed E-state index contributed by atoms with van der Waals surface area (Å²) in [7, 11) is 0. The number of carbonyl (C=O) groups is 1. The van der Waals surface area contributed by atoms with E-state index in [1.165, 1.54) is 22.9 Å². The largest absolute Gasteiger partial charge is 0.431 e. The molecule has 3 rings (SSSR count). The number of aromatic nitrogens is 1. The van der Waals surface area contributed by atoms with Gasteiger partial charge in [0.15, 0.2) is 5.76 Å². The highest BCUT2D eigenvalue weighted by Gasteiger charge is 2.11. The Bertz CT molecular complexity index is 902. The topological polar surface area (TPSA) is 55.1 Å². The van der Waals surface area contributed by atoms with E-state index in [0.717, 1.165) is 16.8 Å². The van der Waals surface area contributed by atoms with E-state index in [4.69, 9.17) is 4.42 Å². The van der Waals surface area contributed by atoms with Crippen molar-refractivity contribution in [2.24, 2.45) is 0 Å². The van der Waals surface area contributed by atoms with Crippen molar-refractivity contribution < 1.29 is 9.21 Å². The molecule has 2 aromatic carbocycles. The maximum atomic E-state index is 12.1. The number of benzene rings is 2. The monoisotopic (exact) mass is 352 g/mol. The lowest BCUT2D eigenvalue weighted by molar-refractivity contribution is -0.113. The smallest absolute Gasteiger partial charge is 0.256 e. The lowest BCUT2D eigenvalue weighted by Gasteiger charge is -2.06. The van der Waals surface area contributed by atoms with Gasteiger partial charge in [0.1, 0.15) is 0 Å². The van der Waals surface area contributed by atoms with E-state index in [0.29, 0.717) is 11.0 Å². The van der Waals surface area contributed by atoms with Crippen molar-refractivity contribution in [1.29, 1.82) is 0 Å². The van der Waals surface area contributed by atoms with Crippen molar-refractivity contribution in [2.75, 3.05) is 11.1 Å². The highest BCUT2D eigenvalue weighted by Crippen LogP contribution is 2.27. The molecule has 0 aliphatic rings. The van der Waals surface area contributed by atoms with Gasteiger partial charge in [-0.05, 0) is 49.6 Å². The van der Waals surface area contributed by atoms with Crippen molar-refractivity contribution in [3.63, 3.8) is 0 Å². The van der Waals surface area contributed by atoms with Gasteiger partial charge in [-0.3, -0.25) is 4.79 Å². The van der Waals surface area contributed by atoms with Gasteiger partial charge in [-0.25, -0.2) is 4.98 Å². The number of thioether (sulfide) groups is 1. The van der Waals surface area contributed by atoms with Crippen molar-refractivity contribution in [3.8, 4) is 11.3 Å². The van der Waals surface area contributed by atoms with Gasteiger partial charge in [0.25, 0.3) is 5.22 Å². The first-order chi connectivity index (χ1) is 12.0. The SMILES string of the molecule is Cc1ccc(-c2cnc(SCC(=O)Nc3ccccc3C)o2)cc1C. The Labute approximate surface area is 151 Å². The summed E-state index contributed by atoms with van der Waals surface area (Å²) in [5.41, 5.74) is 5.31. The third-order valence-corrected chi connectivity index (χ3v) is 4.86. The molecule has 1 amide bonds. The molecule has 4 nitrogen and oxygen atoms in total. The third-order valence-electron chi connectivity index (χ3n) is 4.02. The average molecular weight is 352 g/mol. The number of nitrogens with one attached hydrogen (secondary N) is 1. The van der Waals surface area contributed by atoms with Gasteiger partial charge < -0.3 is 9.73 Å². The van der Waals surface area contributed by atoms with Gasteiger partial charge in [-0.15, -0.1) is 0 Å². The van der Waals surface area contributed by atoms with Crippen LogP contribution in [-0.4, -0.2) is 16.6 Å². The summed E-state index contributed by atoms with van der Waals surface area (Å²) >= 11 is 1.29. The highest BCUT2D eigenvalue weighted by atomic mass is 32.2. The van der Waals surface area contributed by atoms with E-state index < -0.39 is 0 Å². The molecular weight excluding hydrogens is 332 g/mol. The number of rotatable bonds is 5. The van der Waals surface area contributed by atoms with Crippen LogP contribution < -0.4 is 5.32 Å². The van der Waals surface area contributed by atoms with Crippen LogP contribution in [0, 0.1) is 20.8 Å². The van der Waals surface area contributed by atoms with E-state index in [2.05, 4.69) is 36.3 Å². The van der Waals surface area contributed by atoms with Crippen molar-refractivity contribution in [1.82, 2.24) is 4.98 Å². The molecule has 0 bridgehead atoms. The Morgan fingerprint density at radius 1 is 1.08 bits per heavy atom. The highest BCUT2D eigenvalue weighted by molar-refractivity contribution is 7.99. The quantitative estimate of drug-likeness (QED) is 0.657. The van der Waals surface area contributed by atoms with E-state index in [1.54, 1.807) is 6.20 Å². The van der Waals surface area contributed by atoms with Gasteiger partial charge in [-0.2, -0.15) is 0 Å². The maximum Gasteiger partial charge on any atom is 0.256 e. The maximum absolute atomic E-state index is 12.1. The van der Waals surface area contributed by atoms with Crippen LogP contribution >= 0.6 is 11.8 Å². The molecule has 3 aromatic rings. The molecule has 0 fully saturated rings. The van der Waals surface area contributed by atoms with Gasteiger partial charge in [-0.1, -0.05) is 42.1 Å². The molecule has 5 heteroatoms. The summed E-state index contributed by atoms with van der Waals surface area (Å²) in [6.07, 6.45) is 1.70. The number of amides is 1. The summed E-state index contributed by atoms with van der Waals surface area (Å²) in [5, 5.41) is 3.40. The number of anilines is 1. The summed E-state index contributed by atoms with van der Waals surface area (Å²) in [5.74, 6) is 0.886. The van der Waals surface area contributed by atoms with E-state index in [9.17, 15) is 4.79 Å².